The Morgan fingerprint density at radius 1 is 0.329 bits per heavy atom. The van der Waals surface area contributed by atoms with Crippen LogP contribution in [-0.4, -0.2) is 96.7 Å². The molecule has 0 fully saturated rings. The summed E-state index contributed by atoms with van der Waals surface area (Å²) in [7, 11) is -9.88. The minimum absolute atomic E-state index is 0.101. The van der Waals surface area contributed by atoms with Gasteiger partial charge < -0.3 is 33.8 Å². The molecule has 0 radical (unpaired) electrons. The first-order valence-electron chi connectivity index (χ1n) is 32.8. The molecule has 0 saturated carbocycles. The summed E-state index contributed by atoms with van der Waals surface area (Å²) in [5.74, 6) is -0.0572. The first kappa shape index (κ1) is 80.1. The summed E-state index contributed by atoms with van der Waals surface area (Å²) < 4.78 is 67.9. The Labute approximate surface area is 498 Å². The Hall–Kier alpha value is -1.94. The van der Waals surface area contributed by atoms with Crippen LogP contribution >= 0.6 is 15.6 Å². The third-order valence-electron chi connectivity index (χ3n) is 14.4. The van der Waals surface area contributed by atoms with Crippen LogP contribution < -0.4 is 0 Å². The van der Waals surface area contributed by atoms with Crippen molar-refractivity contribution in [2.75, 3.05) is 39.6 Å². The minimum Gasteiger partial charge on any atom is -0.462 e. The zero-order valence-corrected chi connectivity index (χ0v) is 54.7. The van der Waals surface area contributed by atoms with E-state index in [1.165, 1.54) is 109 Å². The summed E-state index contributed by atoms with van der Waals surface area (Å²) in [5, 5.41) is 10.5. The van der Waals surface area contributed by atoms with E-state index in [2.05, 4.69) is 48.5 Å². The highest BCUT2D eigenvalue weighted by atomic mass is 31.2. The molecule has 0 rings (SSSR count). The highest BCUT2D eigenvalue weighted by Crippen LogP contribution is 2.45. The maximum Gasteiger partial charge on any atom is 0.472 e. The molecule has 0 aromatic carbocycles. The molecule has 82 heavy (non-hydrogen) atoms. The molecule has 486 valence electrons. The van der Waals surface area contributed by atoms with Crippen LogP contribution in [0.15, 0.2) is 0 Å². The zero-order valence-electron chi connectivity index (χ0n) is 52.9. The van der Waals surface area contributed by atoms with E-state index < -0.39 is 97.5 Å². The molecule has 0 heterocycles. The van der Waals surface area contributed by atoms with Crippen LogP contribution in [0.4, 0.5) is 0 Å². The van der Waals surface area contributed by atoms with Gasteiger partial charge in [0, 0.05) is 25.7 Å². The third-order valence-corrected chi connectivity index (χ3v) is 16.3. The zero-order chi connectivity index (χ0) is 61.0. The second-order valence-corrected chi connectivity index (χ2v) is 27.1. The first-order chi connectivity index (χ1) is 39.2. The maximum absolute atomic E-state index is 13.0. The number of ether oxygens (including phenoxy) is 4. The summed E-state index contributed by atoms with van der Waals surface area (Å²) in [5.41, 5.74) is 0. The van der Waals surface area contributed by atoms with Crippen molar-refractivity contribution in [3.8, 4) is 0 Å². The Bertz CT molecular complexity index is 1630. The lowest BCUT2D eigenvalue weighted by Gasteiger charge is -2.21. The average Bonchev–Trinajstić information content (AvgIpc) is 3.43. The average molecular weight is 1210 g/mol. The van der Waals surface area contributed by atoms with Gasteiger partial charge in [-0.25, -0.2) is 9.13 Å². The normalized spacial score (nSPS) is 14.4. The molecule has 0 aliphatic rings. The van der Waals surface area contributed by atoms with Crippen molar-refractivity contribution in [2.45, 2.75) is 324 Å². The summed E-state index contributed by atoms with van der Waals surface area (Å²) in [6, 6.07) is 0. The summed E-state index contributed by atoms with van der Waals surface area (Å²) >= 11 is 0. The van der Waals surface area contributed by atoms with Gasteiger partial charge in [-0.2, -0.15) is 0 Å². The predicted molar refractivity (Wildman–Crippen MR) is 326 cm³/mol. The maximum atomic E-state index is 13.0. The van der Waals surface area contributed by atoms with E-state index in [1.807, 2.05) is 0 Å². The van der Waals surface area contributed by atoms with Crippen molar-refractivity contribution >= 4 is 39.5 Å². The van der Waals surface area contributed by atoms with Gasteiger partial charge in [0.25, 0.3) is 0 Å². The molecular weight excluding hydrogens is 1090 g/mol. The van der Waals surface area contributed by atoms with E-state index in [9.17, 15) is 43.2 Å². The number of rotatable bonds is 61. The van der Waals surface area contributed by atoms with Crippen molar-refractivity contribution in [2.24, 2.45) is 17.8 Å². The van der Waals surface area contributed by atoms with Gasteiger partial charge in [0.2, 0.25) is 0 Å². The van der Waals surface area contributed by atoms with Gasteiger partial charge in [0.1, 0.15) is 19.3 Å². The molecule has 3 N–H and O–H groups in total. The van der Waals surface area contributed by atoms with Crippen LogP contribution in [0.1, 0.15) is 305 Å². The van der Waals surface area contributed by atoms with Gasteiger partial charge in [-0.05, 0) is 43.4 Å². The number of carbonyl (C=O) groups excluding carboxylic acids is 4. The van der Waals surface area contributed by atoms with Crippen molar-refractivity contribution < 1.29 is 80.2 Å². The molecule has 0 spiro atoms. The van der Waals surface area contributed by atoms with E-state index in [-0.39, 0.29) is 25.7 Å². The molecule has 0 aliphatic carbocycles. The number of carbonyl (C=O) groups is 4. The Balaban J connectivity index is 5.24. The SMILES string of the molecule is CCCCCCCCCCCCCCC(=O)OC[C@H](COP(=O)(O)OC[C@@H](O)COP(=O)(O)OC[C@@H](COC(=O)CCCCCCCCC(C)C)OC(=O)CCCCCCCCC(C)C)OC(=O)CCCCCCCCCCCC(C)C. The minimum atomic E-state index is -4.94. The summed E-state index contributed by atoms with van der Waals surface area (Å²) in [6.07, 6.45) is 35.1. The molecule has 2 unspecified atom stereocenters. The number of aliphatic hydroxyl groups is 1. The van der Waals surface area contributed by atoms with E-state index >= 15 is 0 Å². The lowest BCUT2D eigenvalue weighted by atomic mass is 10.0. The Morgan fingerprint density at radius 3 is 0.829 bits per heavy atom. The Morgan fingerprint density at radius 2 is 0.561 bits per heavy atom. The predicted octanol–water partition coefficient (Wildman–Crippen LogP) is 17.1. The van der Waals surface area contributed by atoms with Gasteiger partial charge >= 0.3 is 39.5 Å². The van der Waals surface area contributed by atoms with Gasteiger partial charge in [0.05, 0.1) is 26.4 Å². The van der Waals surface area contributed by atoms with Crippen molar-refractivity contribution in [3.05, 3.63) is 0 Å². The van der Waals surface area contributed by atoms with Crippen LogP contribution in [-0.2, 0) is 65.4 Å². The number of esters is 4. The van der Waals surface area contributed by atoms with E-state index in [1.54, 1.807) is 0 Å². The number of phosphoric acid groups is 2. The molecular formula is C63H122O17P2. The second kappa shape index (κ2) is 54.5. The molecule has 0 aromatic rings. The number of hydrogen-bond acceptors (Lipinski definition) is 15. The smallest absolute Gasteiger partial charge is 0.462 e. The topological polar surface area (TPSA) is 237 Å². The number of unbranched alkanes of at least 4 members (excludes halogenated alkanes) is 29. The highest BCUT2D eigenvalue weighted by Gasteiger charge is 2.30. The monoisotopic (exact) mass is 1210 g/mol. The highest BCUT2D eigenvalue weighted by molar-refractivity contribution is 7.47. The third kappa shape index (κ3) is 57.2. The lowest BCUT2D eigenvalue weighted by Crippen LogP contribution is -2.30. The van der Waals surface area contributed by atoms with Gasteiger partial charge in [-0.3, -0.25) is 37.3 Å². The van der Waals surface area contributed by atoms with Gasteiger partial charge in [-0.15, -0.1) is 0 Å². The Kier molecular flexibility index (Phi) is 53.2. The second-order valence-electron chi connectivity index (χ2n) is 24.2. The van der Waals surface area contributed by atoms with E-state index in [0.29, 0.717) is 37.5 Å². The molecule has 0 amide bonds. The standard InChI is InChI=1S/C63H122O17P2/c1-8-9-10-11-12-13-14-15-18-21-30-37-44-60(65)73-50-58(79-62(67)46-39-32-22-19-16-17-20-27-34-41-54(2)3)52-77-81(69,70)75-48-57(64)49-76-82(71,72)78-53-59(80-63(68)47-40-33-26-24-29-36-43-56(6)7)51-74-61(66)45-38-31-25-23-28-35-42-55(4)5/h54-59,64H,8-53H2,1-7H3,(H,69,70)(H,71,72)/t57-,58-,59-/m1/s1. The van der Waals surface area contributed by atoms with Crippen LogP contribution in [0.3, 0.4) is 0 Å². The van der Waals surface area contributed by atoms with Crippen molar-refractivity contribution in [3.63, 3.8) is 0 Å². The fourth-order valence-corrected chi connectivity index (χ4v) is 10.9. The molecule has 0 bridgehead atoms. The van der Waals surface area contributed by atoms with Crippen LogP contribution in [0.25, 0.3) is 0 Å². The molecule has 0 aliphatic heterocycles. The van der Waals surface area contributed by atoms with E-state index in [0.717, 1.165) is 102 Å². The van der Waals surface area contributed by atoms with Gasteiger partial charge in [-0.1, -0.05) is 254 Å². The first-order valence-corrected chi connectivity index (χ1v) is 35.8. The van der Waals surface area contributed by atoms with Crippen molar-refractivity contribution in [1.82, 2.24) is 0 Å². The quantitative estimate of drug-likeness (QED) is 0.0222. The fraction of sp³-hybridized carbons (Fsp3) is 0.937. The molecule has 17 nitrogen and oxygen atoms in total. The van der Waals surface area contributed by atoms with Crippen LogP contribution in [0.2, 0.25) is 0 Å². The summed E-state index contributed by atoms with van der Waals surface area (Å²) in [4.78, 5) is 72.1. The molecule has 19 heteroatoms. The summed E-state index contributed by atoms with van der Waals surface area (Å²) in [6.45, 7) is 11.6. The molecule has 0 saturated heterocycles. The fourth-order valence-electron chi connectivity index (χ4n) is 9.30. The van der Waals surface area contributed by atoms with E-state index in [4.69, 9.17) is 37.0 Å². The molecule has 5 atom stereocenters. The molecule has 0 aromatic heterocycles. The number of phosphoric ester groups is 2. The lowest BCUT2D eigenvalue weighted by molar-refractivity contribution is -0.161. The van der Waals surface area contributed by atoms with Gasteiger partial charge in [0.15, 0.2) is 12.2 Å². The number of aliphatic hydroxyl groups excluding tert-OH is 1. The largest absolute Gasteiger partial charge is 0.472 e. The van der Waals surface area contributed by atoms with Crippen LogP contribution in [0, 0.1) is 17.8 Å². The van der Waals surface area contributed by atoms with Crippen molar-refractivity contribution in [1.29, 1.82) is 0 Å². The number of hydrogen-bond donors (Lipinski definition) is 3. The van der Waals surface area contributed by atoms with Crippen LogP contribution in [0.5, 0.6) is 0 Å².